The molecule has 2 aromatic rings. The maximum absolute atomic E-state index is 12.5. The molecule has 0 N–H and O–H groups in total. The van der Waals surface area contributed by atoms with E-state index in [4.69, 9.17) is 0 Å². The van der Waals surface area contributed by atoms with Gasteiger partial charge in [-0.1, -0.05) is 6.92 Å². The molecule has 3 heterocycles. The Labute approximate surface area is 117 Å². The van der Waals surface area contributed by atoms with Crippen LogP contribution in [0.2, 0.25) is 0 Å². The van der Waals surface area contributed by atoms with Crippen molar-refractivity contribution < 1.29 is 4.79 Å². The molecule has 6 nitrogen and oxygen atoms in total. The van der Waals surface area contributed by atoms with Crippen LogP contribution in [0.4, 0.5) is 0 Å². The predicted molar refractivity (Wildman–Crippen MR) is 74.6 cm³/mol. The van der Waals surface area contributed by atoms with Gasteiger partial charge in [-0.15, -0.1) is 5.10 Å². The Balaban J connectivity index is 1.93. The minimum atomic E-state index is -0.0842. The van der Waals surface area contributed by atoms with Gasteiger partial charge in [-0.3, -0.25) is 4.79 Å². The number of piperidine rings is 1. The van der Waals surface area contributed by atoms with E-state index in [9.17, 15) is 4.79 Å². The van der Waals surface area contributed by atoms with Gasteiger partial charge < -0.3 is 4.90 Å². The van der Waals surface area contributed by atoms with E-state index in [-0.39, 0.29) is 11.7 Å². The van der Waals surface area contributed by atoms with Crippen molar-refractivity contribution in [2.75, 3.05) is 13.1 Å². The van der Waals surface area contributed by atoms with E-state index >= 15 is 0 Å². The van der Waals surface area contributed by atoms with Gasteiger partial charge in [0, 0.05) is 24.5 Å². The molecule has 1 saturated heterocycles. The quantitative estimate of drug-likeness (QED) is 0.792. The summed E-state index contributed by atoms with van der Waals surface area (Å²) >= 11 is 0. The second-order valence-electron chi connectivity index (χ2n) is 5.68. The Morgan fingerprint density at radius 2 is 2.15 bits per heavy atom. The topological polar surface area (TPSA) is 63.4 Å². The zero-order valence-electron chi connectivity index (χ0n) is 12.1. The molecule has 0 aliphatic carbocycles. The lowest BCUT2D eigenvalue weighted by Gasteiger charge is -2.29. The highest BCUT2D eigenvalue weighted by Gasteiger charge is 2.25. The predicted octanol–water partition coefficient (Wildman–Crippen LogP) is 1.61. The van der Waals surface area contributed by atoms with Crippen molar-refractivity contribution in [1.82, 2.24) is 24.5 Å². The highest BCUT2D eigenvalue weighted by Crippen LogP contribution is 2.17. The average Bonchev–Trinajstić information content (AvgIpc) is 2.82. The molecule has 20 heavy (non-hydrogen) atoms. The molecule has 0 spiro atoms. The van der Waals surface area contributed by atoms with Gasteiger partial charge in [0.1, 0.15) is 0 Å². The van der Waals surface area contributed by atoms with E-state index < -0.39 is 0 Å². The third-order valence-corrected chi connectivity index (χ3v) is 3.75. The third kappa shape index (κ3) is 2.26. The first-order valence-electron chi connectivity index (χ1n) is 7.05. The zero-order chi connectivity index (χ0) is 14.3. The monoisotopic (exact) mass is 273 g/mol. The Kier molecular flexibility index (Phi) is 3.16. The van der Waals surface area contributed by atoms with Crippen molar-refractivity contribution in [2.24, 2.45) is 5.92 Å². The van der Waals surface area contributed by atoms with E-state index in [0.29, 0.717) is 11.7 Å². The van der Waals surface area contributed by atoms with Crippen molar-refractivity contribution in [3.63, 3.8) is 0 Å². The molecule has 0 radical (unpaired) electrons. The third-order valence-electron chi connectivity index (χ3n) is 3.75. The number of fused-ring (bicyclic) bond motifs is 1. The van der Waals surface area contributed by atoms with Crippen molar-refractivity contribution in [3.05, 3.63) is 23.3 Å². The summed E-state index contributed by atoms with van der Waals surface area (Å²) in [6.45, 7) is 7.61. The lowest BCUT2D eigenvalue weighted by molar-refractivity contribution is 0.0671. The van der Waals surface area contributed by atoms with Crippen molar-refractivity contribution >= 4 is 11.7 Å². The summed E-state index contributed by atoms with van der Waals surface area (Å²) in [6.07, 6.45) is 2.24. The molecule has 106 valence electrons. The van der Waals surface area contributed by atoms with Gasteiger partial charge in [-0.25, -0.2) is 9.50 Å². The smallest absolute Gasteiger partial charge is 0.293 e. The number of aromatic nitrogens is 4. The van der Waals surface area contributed by atoms with E-state index in [0.717, 1.165) is 30.9 Å². The minimum absolute atomic E-state index is 0.0842. The molecule has 0 bridgehead atoms. The highest BCUT2D eigenvalue weighted by molar-refractivity contribution is 5.91. The number of carbonyl (C=O) groups excluding carboxylic acids is 1. The van der Waals surface area contributed by atoms with E-state index in [2.05, 4.69) is 22.0 Å². The van der Waals surface area contributed by atoms with Crippen LogP contribution in [0.5, 0.6) is 0 Å². The highest BCUT2D eigenvalue weighted by atomic mass is 16.2. The van der Waals surface area contributed by atoms with Crippen molar-refractivity contribution in [2.45, 2.75) is 33.6 Å². The van der Waals surface area contributed by atoms with Gasteiger partial charge in [0.25, 0.3) is 11.7 Å². The van der Waals surface area contributed by atoms with Gasteiger partial charge in [0.15, 0.2) is 0 Å². The number of likely N-dealkylation sites (tertiary alicyclic amines) is 1. The summed E-state index contributed by atoms with van der Waals surface area (Å²) in [5, 5.41) is 4.31. The first-order valence-corrected chi connectivity index (χ1v) is 7.05. The molecule has 0 saturated carbocycles. The average molecular weight is 273 g/mol. The molecule has 1 unspecified atom stereocenters. The number of hydrogen-bond donors (Lipinski definition) is 0. The molecule has 1 amide bonds. The van der Waals surface area contributed by atoms with Crippen LogP contribution in [-0.4, -0.2) is 43.5 Å². The van der Waals surface area contributed by atoms with Gasteiger partial charge in [0.2, 0.25) is 5.82 Å². The summed E-state index contributed by atoms with van der Waals surface area (Å²) in [7, 11) is 0. The van der Waals surface area contributed by atoms with E-state index in [1.54, 1.807) is 4.52 Å². The maximum Gasteiger partial charge on any atom is 0.293 e. The molecule has 3 rings (SSSR count). The molecule has 1 aliphatic rings. The fraction of sp³-hybridized carbons (Fsp3) is 0.571. The molecular weight excluding hydrogens is 254 g/mol. The molecule has 2 aromatic heterocycles. The number of amides is 1. The van der Waals surface area contributed by atoms with E-state index in [1.165, 1.54) is 6.42 Å². The molecule has 6 heteroatoms. The van der Waals surface area contributed by atoms with Crippen LogP contribution in [0.25, 0.3) is 5.78 Å². The molecular formula is C14H19N5O. The Bertz CT molecular complexity index is 663. The summed E-state index contributed by atoms with van der Waals surface area (Å²) in [5.74, 6) is 1.21. The van der Waals surface area contributed by atoms with Crippen LogP contribution in [0.15, 0.2) is 6.07 Å². The number of carbonyl (C=O) groups is 1. The molecule has 1 aliphatic heterocycles. The van der Waals surface area contributed by atoms with Gasteiger partial charge in [0.05, 0.1) is 0 Å². The van der Waals surface area contributed by atoms with Crippen molar-refractivity contribution in [3.8, 4) is 0 Å². The number of nitrogens with zero attached hydrogens (tertiary/aromatic N) is 5. The van der Waals surface area contributed by atoms with Gasteiger partial charge in [-0.2, -0.15) is 4.98 Å². The Morgan fingerprint density at radius 1 is 1.35 bits per heavy atom. The fourth-order valence-corrected chi connectivity index (χ4v) is 2.77. The van der Waals surface area contributed by atoms with Crippen LogP contribution in [0.1, 0.15) is 41.8 Å². The van der Waals surface area contributed by atoms with Crippen LogP contribution in [0, 0.1) is 19.8 Å². The van der Waals surface area contributed by atoms with E-state index in [1.807, 2.05) is 24.8 Å². The van der Waals surface area contributed by atoms with Crippen molar-refractivity contribution in [1.29, 1.82) is 0 Å². The van der Waals surface area contributed by atoms with Crippen LogP contribution < -0.4 is 0 Å². The molecule has 1 fully saturated rings. The lowest BCUT2D eigenvalue weighted by atomic mass is 10.0. The Hall–Kier alpha value is -1.98. The first kappa shape index (κ1) is 13.0. The fourth-order valence-electron chi connectivity index (χ4n) is 2.77. The minimum Gasteiger partial charge on any atom is -0.336 e. The number of hydrogen-bond acceptors (Lipinski definition) is 4. The first-order chi connectivity index (χ1) is 9.54. The summed E-state index contributed by atoms with van der Waals surface area (Å²) in [6, 6.07) is 1.93. The summed E-state index contributed by atoms with van der Waals surface area (Å²) in [4.78, 5) is 22.9. The molecule has 1 atom stereocenters. The summed E-state index contributed by atoms with van der Waals surface area (Å²) < 4.78 is 1.63. The van der Waals surface area contributed by atoms with Crippen LogP contribution >= 0.6 is 0 Å². The standard InChI is InChI=1S/C14H19N5O/c1-9-5-4-6-18(8-9)13(20)12-16-14-15-10(2)7-11(3)19(14)17-12/h7,9H,4-6,8H2,1-3H3. The second-order valence-corrected chi connectivity index (χ2v) is 5.68. The SMILES string of the molecule is Cc1cc(C)n2nc(C(=O)N3CCCC(C)C3)nc2n1. The maximum atomic E-state index is 12.5. The normalized spacial score (nSPS) is 19.6. The Morgan fingerprint density at radius 3 is 2.90 bits per heavy atom. The number of rotatable bonds is 1. The molecule has 0 aromatic carbocycles. The van der Waals surface area contributed by atoms with Crippen LogP contribution in [-0.2, 0) is 0 Å². The number of aryl methyl sites for hydroxylation is 2. The van der Waals surface area contributed by atoms with Gasteiger partial charge >= 0.3 is 0 Å². The largest absolute Gasteiger partial charge is 0.336 e. The second kappa shape index (κ2) is 4.85. The summed E-state index contributed by atoms with van der Waals surface area (Å²) in [5.41, 5.74) is 1.82. The lowest BCUT2D eigenvalue weighted by Crippen LogP contribution is -2.39. The zero-order valence-corrected chi connectivity index (χ0v) is 12.1. The van der Waals surface area contributed by atoms with Crippen LogP contribution in [0.3, 0.4) is 0 Å². The van der Waals surface area contributed by atoms with Gasteiger partial charge in [-0.05, 0) is 38.7 Å².